The summed E-state index contributed by atoms with van der Waals surface area (Å²) in [6.07, 6.45) is 2.94. The molecule has 0 unspecified atom stereocenters. The highest BCUT2D eigenvalue weighted by Gasteiger charge is 2.31. The van der Waals surface area contributed by atoms with Crippen LogP contribution in [0.15, 0.2) is 29.2 Å². The van der Waals surface area contributed by atoms with Crippen molar-refractivity contribution in [1.29, 1.82) is 0 Å². The molecular formula is C17H22ClN3O2S. The fraction of sp³-hybridized carbons (Fsp3) is 0.471. The second-order valence-electron chi connectivity index (χ2n) is 6.21. The third-order valence-corrected chi connectivity index (χ3v) is 7.03. The lowest BCUT2D eigenvalue weighted by molar-refractivity contribution is 0.346. The molecule has 0 bridgehead atoms. The fourth-order valence-electron chi connectivity index (χ4n) is 3.23. The second kappa shape index (κ2) is 6.86. The van der Waals surface area contributed by atoms with Gasteiger partial charge in [0, 0.05) is 18.1 Å². The van der Waals surface area contributed by atoms with Crippen molar-refractivity contribution in [1.82, 2.24) is 14.1 Å². The van der Waals surface area contributed by atoms with Gasteiger partial charge < -0.3 is 0 Å². The van der Waals surface area contributed by atoms with E-state index in [1.54, 1.807) is 15.9 Å². The molecule has 1 aliphatic rings. The Bertz CT molecular complexity index is 840. The van der Waals surface area contributed by atoms with Crippen molar-refractivity contribution < 1.29 is 8.42 Å². The molecule has 1 aromatic carbocycles. The second-order valence-corrected chi connectivity index (χ2v) is 8.50. The van der Waals surface area contributed by atoms with E-state index in [-0.39, 0.29) is 0 Å². The van der Waals surface area contributed by atoms with Crippen LogP contribution in [-0.4, -0.2) is 35.6 Å². The van der Waals surface area contributed by atoms with Crippen LogP contribution in [0.2, 0.25) is 5.02 Å². The van der Waals surface area contributed by atoms with E-state index in [0.717, 1.165) is 24.8 Å². The molecule has 0 N–H and O–H groups in total. The van der Waals surface area contributed by atoms with E-state index in [2.05, 4.69) is 5.10 Å². The smallest absolute Gasteiger partial charge is 0.246 e. The number of hydrogen-bond acceptors (Lipinski definition) is 3. The van der Waals surface area contributed by atoms with Crippen LogP contribution >= 0.6 is 11.6 Å². The van der Waals surface area contributed by atoms with E-state index in [4.69, 9.17) is 11.6 Å². The van der Waals surface area contributed by atoms with Crippen LogP contribution in [0.1, 0.15) is 36.2 Å². The highest BCUT2D eigenvalue weighted by Crippen LogP contribution is 2.27. The van der Waals surface area contributed by atoms with Gasteiger partial charge in [0.25, 0.3) is 0 Å². The zero-order valence-electron chi connectivity index (χ0n) is 14.0. The first-order valence-electron chi connectivity index (χ1n) is 8.19. The van der Waals surface area contributed by atoms with Crippen molar-refractivity contribution in [2.45, 2.75) is 44.6 Å². The number of sulfonamides is 1. The summed E-state index contributed by atoms with van der Waals surface area (Å²) in [5.41, 5.74) is 2.13. The van der Waals surface area contributed by atoms with Crippen molar-refractivity contribution in [2.24, 2.45) is 0 Å². The molecule has 1 saturated heterocycles. The number of piperidine rings is 1. The van der Waals surface area contributed by atoms with Gasteiger partial charge in [-0.05, 0) is 38.3 Å². The molecule has 0 spiro atoms. The first-order chi connectivity index (χ1) is 11.4. The predicted octanol–water partition coefficient (Wildman–Crippen LogP) is 3.38. The van der Waals surface area contributed by atoms with Gasteiger partial charge >= 0.3 is 0 Å². The van der Waals surface area contributed by atoms with Crippen molar-refractivity contribution in [3.05, 3.63) is 46.2 Å². The van der Waals surface area contributed by atoms with E-state index >= 15 is 0 Å². The molecule has 5 nitrogen and oxygen atoms in total. The van der Waals surface area contributed by atoms with E-state index in [0.29, 0.717) is 40.9 Å². The van der Waals surface area contributed by atoms with Gasteiger partial charge in [-0.2, -0.15) is 9.40 Å². The largest absolute Gasteiger partial charge is 0.264 e. The summed E-state index contributed by atoms with van der Waals surface area (Å²) >= 11 is 6.22. The van der Waals surface area contributed by atoms with E-state index < -0.39 is 10.0 Å². The summed E-state index contributed by atoms with van der Waals surface area (Å²) < 4.78 is 29.3. The summed E-state index contributed by atoms with van der Waals surface area (Å²) in [4.78, 5) is 0.344. The first-order valence-corrected chi connectivity index (χ1v) is 10.0. The monoisotopic (exact) mass is 367 g/mol. The van der Waals surface area contributed by atoms with Gasteiger partial charge in [0.2, 0.25) is 10.0 Å². The molecule has 130 valence electrons. The van der Waals surface area contributed by atoms with Crippen molar-refractivity contribution in [2.75, 3.05) is 13.1 Å². The number of halogens is 1. The van der Waals surface area contributed by atoms with Crippen LogP contribution in [0, 0.1) is 13.8 Å². The Morgan fingerprint density at radius 1 is 1.12 bits per heavy atom. The van der Waals surface area contributed by atoms with Crippen LogP contribution < -0.4 is 0 Å². The summed E-state index contributed by atoms with van der Waals surface area (Å²) in [6, 6.07) is 7.54. The van der Waals surface area contributed by atoms with Crippen LogP contribution in [0.5, 0.6) is 0 Å². The minimum atomic E-state index is -3.49. The molecule has 2 heterocycles. The van der Waals surface area contributed by atoms with Crippen LogP contribution in [0.4, 0.5) is 0 Å². The summed E-state index contributed by atoms with van der Waals surface area (Å²) in [6.45, 7) is 5.22. The lowest BCUT2D eigenvalue weighted by atomic mass is 10.2. The molecule has 2 aromatic rings. The third-order valence-electron chi connectivity index (χ3n) is 4.51. The maximum absolute atomic E-state index is 13.0. The fourth-order valence-corrected chi connectivity index (χ4v) is 5.32. The molecule has 1 aromatic heterocycles. The van der Waals surface area contributed by atoms with Gasteiger partial charge in [0.05, 0.1) is 17.9 Å². The van der Waals surface area contributed by atoms with Gasteiger partial charge in [-0.1, -0.05) is 36.2 Å². The maximum atomic E-state index is 13.0. The Labute approximate surface area is 148 Å². The van der Waals surface area contributed by atoms with E-state index in [1.807, 2.05) is 31.2 Å². The van der Waals surface area contributed by atoms with Gasteiger partial charge in [-0.3, -0.25) is 4.68 Å². The van der Waals surface area contributed by atoms with E-state index in [9.17, 15) is 8.42 Å². The Hall–Kier alpha value is -1.37. The van der Waals surface area contributed by atoms with Crippen LogP contribution in [-0.2, 0) is 16.6 Å². The molecular weight excluding hydrogens is 346 g/mol. The number of nitrogens with zero attached hydrogens (tertiary/aromatic N) is 3. The van der Waals surface area contributed by atoms with Crippen molar-refractivity contribution in [3.63, 3.8) is 0 Å². The number of benzene rings is 1. The molecule has 0 radical (unpaired) electrons. The lowest BCUT2D eigenvalue weighted by Gasteiger charge is -2.26. The number of aryl methyl sites for hydroxylation is 1. The van der Waals surface area contributed by atoms with Gasteiger partial charge in [0.1, 0.15) is 4.90 Å². The number of rotatable bonds is 4. The Morgan fingerprint density at radius 2 is 1.79 bits per heavy atom. The highest BCUT2D eigenvalue weighted by atomic mass is 35.5. The Balaban J connectivity index is 1.96. The zero-order valence-corrected chi connectivity index (χ0v) is 15.6. The Kier molecular flexibility index (Phi) is 4.99. The van der Waals surface area contributed by atoms with E-state index in [1.165, 1.54) is 0 Å². The maximum Gasteiger partial charge on any atom is 0.246 e. The Morgan fingerprint density at radius 3 is 2.46 bits per heavy atom. The molecule has 7 heteroatoms. The molecule has 0 amide bonds. The SMILES string of the molecule is Cc1nn(Cc2ccccc2Cl)c(C)c1S(=O)(=O)N1CCCCC1. The van der Waals surface area contributed by atoms with Gasteiger partial charge in [0.15, 0.2) is 0 Å². The third kappa shape index (κ3) is 3.23. The number of hydrogen-bond donors (Lipinski definition) is 0. The molecule has 0 aliphatic carbocycles. The summed E-state index contributed by atoms with van der Waals surface area (Å²) in [7, 11) is -3.49. The topological polar surface area (TPSA) is 55.2 Å². The average molecular weight is 368 g/mol. The average Bonchev–Trinajstić information content (AvgIpc) is 2.85. The minimum absolute atomic E-state index is 0.344. The number of aromatic nitrogens is 2. The summed E-state index contributed by atoms with van der Waals surface area (Å²) in [5, 5.41) is 5.12. The molecule has 1 fully saturated rings. The van der Waals surface area contributed by atoms with Crippen LogP contribution in [0.25, 0.3) is 0 Å². The molecule has 0 saturated carbocycles. The van der Waals surface area contributed by atoms with Crippen molar-refractivity contribution >= 4 is 21.6 Å². The molecule has 24 heavy (non-hydrogen) atoms. The predicted molar refractivity (Wildman–Crippen MR) is 94.9 cm³/mol. The first kappa shape index (κ1) is 17.5. The van der Waals surface area contributed by atoms with Gasteiger partial charge in [-0.15, -0.1) is 0 Å². The lowest BCUT2D eigenvalue weighted by Crippen LogP contribution is -2.36. The standard InChI is InChI=1S/C17H22ClN3O2S/c1-13-17(24(22,23)20-10-6-3-7-11-20)14(2)21(19-13)12-15-8-4-5-9-16(15)18/h4-5,8-9H,3,6-7,10-12H2,1-2H3. The van der Waals surface area contributed by atoms with Crippen molar-refractivity contribution in [3.8, 4) is 0 Å². The summed E-state index contributed by atoms with van der Waals surface area (Å²) in [5.74, 6) is 0. The highest BCUT2D eigenvalue weighted by molar-refractivity contribution is 7.89. The molecule has 3 rings (SSSR count). The zero-order chi connectivity index (χ0) is 17.3. The molecule has 0 atom stereocenters. The van der Waals surface area contributed by atoms with Gasteiger partial charge in [-0.25, -0.2) is 8.42 Å². The molecule has 1 aliphatic heterocycles. The van der Waals surface area contributed by atoms with Crippen LogP contribution in [0.3, 0.4) is 0 Å². The quantitative estimate of drug-likeness (QED) is 0.832. The normalized spacial score (nSPS) is 16.5. The minimum Gasteiger partial charge on any atom is -0.264 e.